The van der Waals surface area contributed by atoms with Crippen LogP contribution < -0.4 is 5.32 Å². The van der Waals surface area contributed by atoms with Crippen molar-refractivity contribution in [3.63, 3.8) is 0 Å². The van der Waals surface area contributed by atoms with Gasteiger partial charge in [0.1, 0.15) is 0 Å². The highest BCUT2D eigenvalue weighted by atomic mass is 15.1. The topological polar surface area (TPSA) is 15.3 Å². The fraction of sp³-hybridized carbons (Fsp3) is 1.00. The van der Waals surface area contributed by atoms with E-state index < -0.39 is 0 Å². The normalized spacial score (nSPS) is 21.0. The molecule has 0 saturated carbocycles. The van der Waals surface area contributed by atoms with Gasteiger partial charge in [-0.3, -0.25) is 0 Å². The average molecular weight is 226 g/mol. The van der Waals surface area contributed by atoms with Gasteiger partial charge in [0.15, 0.2) is 0 Å². The quantitative estimate of drug-likeness (QED) is 0.749. The molecule has 1 heterocycles. The minimum atomic E-state index is 0.769. The van der Waals surface area contributed by atoms with Crippen LogP contribution in [0.1, 0.15) is 46.5 Å². The Balaban J connectivity index is 2.09. The largest absolute Gasteiger partial charge is 0.316 e. The lowest BCUT2D eigenvalue weighted by Crippen LogP contribution is -2.35. The average Bonchev–Trinajstić information content (AvgIpc) is 2.45. The molecule has 0 aromatic rings. The molecular weight excluding hydrogens is 196 g/mol. The highest BCUT2D eigenvalue weighted by Gasteiger charge is 2.12. The predicted octanol–water partition coefficient (Wildman–Crippen LogP) is 2.74. The number of nitrogens with one attached hydrogen (secondary N) is 1. The summed E-state index contributed by atoms with van der Waals surface area (Å²) in [6.45, 7) is 13.2. The third kappa shape index (κ3) is 6.49. The van der Waals surface area contributed by atoms with Crippen molar-refractivity contribution in [2.45, 2.75) is 46.5 Å². The van der Waals surface area contributed by atoms with E-state index in [4.69, 9.17) is 0 Å². The van der Waals surface area contributed by atoms with Gasteiger partial charge in [-0.15, -0.1) is 0 Å². The molecule has 0 aromatic heterocycles. The lowest BCUT2D eigenvalue weighted by Gasteiger charge is -2.24. The molecule has 1 saturated heterocycles. The van der Waals surface area contributed by atoms with Crippen molar-refractivity contribution in [3.8, 4) is 0 Å². The third-order valence-corrected chi connectivity index (χ3v) is 3.31. The Kier molecular flexibility index (Phi) is 7.06. The van der Waals surface area contributed by atoms with E-state index >= 15 is 0 Å². The fourth-order valence-electron chi connectivity index (χ4n) is 2.44. The monoisotopic (exact) mass is 226 g/mol. The summed E-state index contributed by atoms with van der Waals surface area (Å²) in [7, 11) is 0. The molecule has 0 aromatic carbocycles. The lowest BCUT2D eigenvalue weighted by molar-refractivity contribution is 0.242. The zero-order chi connectivity index (χ0) is 11.8. The minimum absolute atomic E-state index is 0.769. The molecule has 2 nitrogen and oxygen atoms in total. The molecule has 1 N–H and O–H groups in total. The molecule has 1 atom stereocenters. The maximum absolute atomic E-state index is 3.56. The Morgan fingerprint density at radius 2 is 1.56 bits per heavy atom. The van der Waals surface area contributed by atoms with Gasteiger partial charge in [0.25, 0.3) is 0 Å². The van der Waals surface area contributed by atoms with Gasteiger partial charge in [-0.1, -0.05) is 33.6 Å². The van der Waals surface area contributed by atoms with Crippen molar-refractivity contribution >= 4 is 0 Å². The molecule has 1 fully saturated rings. The summed E-state index contributed by atoms with van der Waals surface area (Å²) in [4.78, 5) is 2.66. The summed E-state index contributed by atoms with van der Waals surface area (Å²) < 4.78 is 0. The smallest absolute Gasteiger partial charge is 0.00191 e. The maximum Gasteiger partial charge on any atom is 0.00191 e. The Morgan fingerprint density at radius 1 is 0.938 bits per heavy atom. The van der Waals surface area contributed by atoms with Crippen molar-refractivity contribution in [3.05, 3.63) is 0 Å². The highest BCUT2D eigenvalue weighted by molar-refractivity contribution is 4.68. The van der Waals surface area contributed by atoms with Crippen LogP contribution in [0.25, 0.3) is 0 Å². The number of hydrogen-bond donors (Lipinski definition) is 1. The van der Waals surface area contributed by atoms with Gasteiger partial charge in [0.05, 0.1) is 0 Å². The molecule has 0 amide bonds. The Morgan fingerprint density at radius 3 is 2.12 bits per heavy atom. The lowest BCUT2D eigenvalue weighted by atomic mass is 10.1. The summed E-state index contributed by atoms with van der Waals surface area (Å²) in [5, 5.41) is 3.56. The Hall–Kier alpha value is -0.0800. The van der Waals surface area contributed by atoms with Crippen molar-refractivity contribution in [1.29, 1.82) is 0 Å². The number of likely N-dealkylation sites (tertiary alicyclic amines) is 1. The molecule has 2 heteroatoms. The van der Waals surface area contributed by atoms with Gasteiger partial charge < -0.3 is 10.2 Å². The van der Waals surface area contributed by atoms with E-state index in [0.717, 1.165) is 18.4 Å². The number of nitrogens with zero attached hydrogens (tertiary/aromatic N) is 1. The van der Waals surface area contributed by atoms with E-state index in [1.54, 1.807) is 0 Å². The minimum Gasteiger partial charge on any atom is -0.316 e. The van der Waals surface area contributed by atoms with Crippen LogP contribution in [0.4, 0.5) is 0 Å². The molecular formula is C14H30N2. The van der Waals surface area contributed by atoms with Crippen LogP contribution in [-0.4, -0.2) is 37.6 Å². The summed E-state index contributed by atoms with van der Waals surface area (Å²) in [6.07, 6.45) is 5.70. The van der Waals surface area contributed by atoms with Gasteiger partial charge >= 0.3 is 0 Å². The zero-order valence-corrected chi connectivity index (χ0v) is 11.5. The van der Waals surface area contributed by atoms with Crippen LogP contribution in [0.2, 0.25) is 0 Å². The molecule has 0 aliphatic carbocycles. The Bertz CT molecular complexity index is 160. The van der Waals surface area contributed by atoms with E-state index in [1.165, 1.54) is 51.9 Å². The molecule has 1 aliphatic heterocycles. The van der Waals surface area contributed by atoms with Crippen molar-refractivity contribution in [2.24, 2.45) is 11.8 Å². The number of rotatable bonds is 6. The Labute approximate surface area is 102 Å². The van der Waals surface area contributed by atoms with Gasteiger partial charge in [-0.05, 0) is 50.9 Å². The molecule has 96 valence electrons. The molecule has 1 unspecified atom stereocenters. The van der Waals surface area contributed by atoms with Gasteiger partial charge in [0, 0.05) is 6.54 Å². The van der Waals surface area contributed by atoms with Crippen molar-refractivity contribution < 1.29 is 0 Å². The second-order valence-electron chi connectivity index (χ2n) is 5.87. The molecule has 0 bridgehead atoms. The summed E-state index contributed by atoms with van der Waals surface area (Å²) >= 11 is 0. The van der Waals surface area contributed by atoms with E-state index in [-0.39, 0.29) is 0 Å². The molecule has 1 aliphatic rings. The molecule has 0 spiro atoms. The first-order valence-electron chi connectivity index (χ1n) is 7.11. The second kappa shape index (κ2) is 8.08. The van der Waals surface area contributed by atoms with Crippen LogP contribution in [0, 0.1) is 11.8 Å². The van der Waals surface area contributed by atoms with Crippen LogP contribution in [0.3, 0.4) is 0 Å². The van der Waals surface area contributed by atoms with E-state index in [2.05, 4.69) is 31.0 Å². The summed E-state index contributed by atoms with van der Waals surface area (Å²) in [6, 6.07) is 0. The first kappa shape index (κ1) is 14.0. The van der Waals surface area contributed by atoms with Gasteiger partial charge in [-0.2, -0.15) is 0 Å². The zero-order valence-electron chi connectivity index (χ0n) is 11.5. The van der Waals surface area contributed by atoms with Crippen LogP contribution in [0.15, 0.2) is 0 Å². The van der Waals surface area contributed by atoms with Gasteiger partial charge in [-0.25, -0.2) is 0 Å². The first-order valence-corrected chi connectivity index (χ1v) is 7.11. The molecule has 1 rings (SSSR count). The van der Waals surface area contributed by atoms with Gasteiger partial charge in [0.2, 0.25) is 0 Å². The summed E-state index contributed by atoms with van der Waals surface area (Å²) in [5.74, 6) is 1.56. The van der Waals surface area contributed by atoms with Crippen LogP contribution >= 0.6 is 0 Å². The van der Waals surface area contributed by atoms with Crippen molar-refractivity contribution in [2.75, 3.05) is 32.7 Å². The number of hydrogen-bond acceptors (Lipinski definition) is 2. The summed E-state index contributed by atoms with van der Waals surface area (Å²) in [5.41, 5.74) is 0. The van der Waals surface area contributed by atoms with E-state index in [9.17, 15) is 0 Å². The van der Waals surface area contributed by atoms with Crippen LogP contribution in [0.5, 0.6) is 0 Å². The van der Waals surface area contributed by atoms with E-state index in [1.807, 2.05) is 0 Å². The van der Waals surface area contributed by atoms with Crippen LogP contribution in [-0.2, 0) is 0 Å². The third-order valence-electron chi connectivity index (χ3n) is 3.31. The predicted molar refractivity (Wildman–Crippen MR) is 71.8 cm³/mol. The highest BCUT2D eigenvalue weighted by Crippen LogP contribution is 2.11. The fourth-order valence-corrected chi connectivity index (χ4v) is 2.44. The SMILES string of the molecule is CC(C)CNCC(C)CN1CCCCCC1. The standard InChI is InChI=1S/C14H30N2/c1-13(2)10-15-11-14(3)12-16-8-6-4-5-7-9-16/h13-15H,4-12H2,1-3H3. The second-order valence-corrected chi connectivity index (χ2v) is 5.87. The molecule has 16 heavy (non-hydrogen) atoms. The van der Waals surface area contributed by atoms with E-state index in [0.29, 0.717) is 0 Å². The first-order chi connectivity index (χ1) is 7.68. The molecule has 0 radical (unpaired) electrons. The maximum atomic E-state index is 3.56. The van der Waals surface area contributed by atoms with Crippen molar-refractivity contribution in [1.82, 2.24) is 10.2 Å².